The molecule has 9 heteroatoms. The molecule has 0 aliphatic heterocycles. The van der Waals surface area contributed by atoms with Crippen LogP contribution >= 0.6 is 0 Å². The SMILES string of the molecule is COc1ccc(NC(=O)NCc2nnnn2C2CCCCC2)cc1OC. The molecule has 1 aliphatic carbocycles. The molecular weight excluding hydrogens is 336 g/mol. The van der Waals surface area contributed by atoms with Crippen molar-refractivity contribution in [2.24, 2.45) is 0 Å². The highest BCUT2D eigenvalue weighted by molar-refractivity contribution is 5.89. The average Bonchev–Trinajstić information content (AvgIpc) is 3.15. The third-order valence-electron chi connectivity index (χ3n) is 4.53. The number of hydrogen-bond acceptors (Lipinski definition) is 6. The van der Waals surface area contributed by atoms with Crippen molar-refractivity contribution in [2.75, 3.05) is 19.5 Å². The molecule has 2 N–H and O–H groups in total. The molecule has 1 aliphatic rings. The van der Waals surface area contributed by atoms with Gasteiger partial charge in [0.15, 0.2) is 17.3 Å². The Morgan fingerprint density at radius 3 is 2.69 bits per heavy atom. The molecule has 0 saturated heterocycles. The van der Waals surface area contributed by atoms with Crippen molar-refractivity contribution in [3.8, 4) is 11.5 Å². The van der Waals surface area contributed by atoms with E-state index in [-0.39, 0.29) is 12.6 Å². The minimum atomic E-state index is -0.338. The van der Waals surface area contributed by atoms with Crippen molar-refractivity contribution in [3.63, 3.8) is 0 Å². The summed E-state index contributed by atoms with van der Waals surface area (Å²) in [6.07, 6.45) is 5.81. The first-order valence-corrected chi connectivity index (χ1v) is 8.75. The minimum absolute atomic E-state index is 0.266. The molecule has 0 bridgehead atoms. The molecule has 140 valence electrons. The molecule has 2 amide bonds. The van der Waals surface area contributed by atoms with Gasteiger partial charge < -0.3 is 20.1 Å². The molecule has 3 rings (SSSR count). The van der Waals surface area contributed by atoms with Crippen LogP contribution in [0.3, 0.4) is 0 Å². The second kappa shape index (κ2) is 8.50. The Kier molecular flexibility index (Phi) is 5.88. The first kappa shape index (κ1) is 18.0. The van der Waals surface area contributed by atoms with E-state index in [0.717, 1.165) is 12.8 Å². The number of nitrogens with zero attached hydrogens (tertiary/aromatic N) is 4. The van der Waals surface area contributed by atoms with Gasteiger partial charge in [-0.15, -0.1) is 5.10 Å². The topological polar surface area (TPSA) is 103 Å². The summed E-state index contributed by atoms with van der Waals surface area (Å²) >= 11 is 0. The smallest absolute Gasteiger partial charge is 0.319 e. The van der Waals surface area contributed by atoms with Crippen LogP contribution in [0.1, 0.15) is 44.0 Å². The van der Waals surface area contributed by atoms with E-state index in [2.05, 4.69) is 26.2 Å². The molecule has 9 nitrogen and oxygen atoms in total. The first-order valence-electron chi connectivity index (χ1n) is 8.75. The summed E-state index contributed by atoms with van der Waals surface area (Å²) in [6, 6.07) is 5.16. The van der Waals surface area contributed by atoms with Gasteiger partial charge in [-0.05, 0) is 35.4 Å². The van der Waals surface area contributed by atoms with Crippen LogP contribution < -0.4 is 20.1 Å². The Morgan fingerprint density at radius 2 is 1.96 bits per heavy atom. The number of tetrazole rings is 1. The Morgan fingerprint density at radius 1 is 1.19 bits per heavy atom. The number of nitrogens with one attached hydrogen (secondary N) is 2. The molecule has 1 aromatic heterocycles. The van der Waals surface area contributed by atoms with Crippen molar-refractivity contribution in [3.05, 3.63) is 24.0 Å². The summed E-state index contributed by atoms with van der Waals surface area (Å²) in [5.74, 6) is 1.82. The molecule has 0 unspecified atom stereocenters. The van der Waals surface area contributed by atoms with E-state index in [1.165, 1.54) is 19.3 Å². The standard InChI is InChI=1S/C17H24N6O3/c1-25-14-9-8-12(10-15(14)26-2)19-17(24)18-11-16-20-21-22-23(16)13-6-4-3-5-7-13/h8-10,13H,3-7,11H2,1-2H3,(H2,18,19,24). The van der Waals surface area contributed by atoms with Crippen LogP contribution in [0, 0.1) is 0 Å². The van der Waals surface area contributed by atoms with Crippen molar-refractivity contribution >= 4 is 11.7 Å². The number of benzene rings is 1. The van der Waals surface area contributed by atoms with Crippen LogP contribution in [0.4, 0.5) is 10.5 Å². The number of ether oxygens (including phenoxy) is 2. The lowest BCUT2D eigenvalue weighted by Crippen LogP contribution is -2.30. The predicted molar refractivity (Wildman–Crippen MR) is 95.3 cm³/mol. The molecule has 0 atom stereocenters. The van der Waals surface area contributed by atoms with E-state index in [1.807, 2.05) is 4.68 Å². The van der Waals surface area contributed by atoms with Crippen LogP contribution in [0.15, 0.2) is 18.2 Å². The first-order chi connectivity index (χ1) is 12.7. The molecule has 1 saturated carbocycles. The molecule has 1 aromatic carbocycles. The van der Waals surface area contributed by atoms with Crippen molar-refractivity contribution in [1.29, 1.82) is 0 Å². The monoisotopic (exact) mass is 360 g/mol. The van der Waals surface area contributed by atoms with Gasteiger partial charge in [-0.3, -0.25) is 0 Å². The molecule has 1 fully saturated rings. The van der Waals surface area contributed by atoms with Crippen LogP contribution in [0.2, 0.25) is 0 Å². The zero-order chi connectivity index (χ0) is 18.4. The number of carbonyl (C=O) groups excluding carboxylic acids is 1. The zero-order valence-electron chi connectivity index (χ0n) is 15.1. The summed E-state index contributed by atoms with van der Waals surface area (Å²) in [5, 5.41) is 17.5. The average molecular weight is 360 g/mol. The minimum Gasteiger partial charge on any atom is -0.493 e. The molecule has 0 radical (unpaired) electrons. The number of urea groups is 1. The van der Waals surface area contributed by atoms with Crippen molar-refractivity contribution < 1.29 is 14.3 Å². The van der Waals surface area contributed by atoms with Gasteiger partial charge >= 0.3 is 6.03 Å². The fraction of sp³-hybridized carbons (Fsp3) is 0.529. The number of carbonyl (C=O) groups is 1. The normalized spacial score (nSPS) is 14.7. The number of rotatable bonds is 6. The van der Waals surface area contributed by atoms with Gasteiger partial charge in [0.1, 0.15) is 0 Å². The fourth-order valence-electron chi connectivity index (χ4n) is 3.19. The van der Waals surface area contributed by atoms with E-state index in [4.69, 9.17) is 9.47 Å². The van der Waals surface area contributed by atoms with E-state index in [0.29, 0.717) is 29.1 Å². The summed E-state index contributed by atoms with van der Waals surface area (Å²) in [4.78, 5) is 12.2. The zero-order valence-corrected chi connectivity index (χ0v) is 15.1. The highest BCUT2D eigenvalue weighted by atomic mass is 16.5. The van der Waals surface area contributed by atoms with Gasteiger partial charge in [0.2, 0.25) is 0 Å². The maximum atomic E-state index is 12.2. The maximum Gasteiger partial charge on any atom is 0.319 e. The molecule has 2 aromatic rings. The summed E-state index contributed by atoms with van der Waals surface area (Å²) in [5.41, 5.74) is 0.604. The fourth-order valence-corrected chi connectivity index (χ4v) is 3.19. The van der Waals surface area contributed by atoms with E-state index < -0.39 is 0 Å². The number of aromatic nitrogens is 4. The van der Waals surface area contributed by atoms with Crippen LogP contribution in [-0.2, 0) is 6.54 Å². The van der Waals surface area contributed by atoms with Gasteiger partial charge in [-0.2, -0.15) is 0 Å². The third-order valence-corrected chi connectivity index (χ3v) is 4.53. The second-order valence-electron chi connectivity index (χ2n) is 6.21. The lowest BCUT2D eigenvalue weighted by atomic mass is 9.96. The summed E-state index contributed by atoms with van der Waals surface area (Å²) in [6.45, 7) is 0.266. The highest BCUT2D eigenvalue weighted by Gasteiger charge is 2.20. The molecule has 1 heterocycles. The van der Waals surface area contributed by atoms with Gasteiger partial charge in [0.25, 0.3) is 0 Å². The van der Waals surface area contributed by atoms with Crippen LogP contribution in [0.5, 0.6) is 11.5 Å². The Bertz CT molecular complexity index is 742. The van der Waals surface area contributed by atoms with Gasteiger partial charge in [0, 0.05) is 11.8 Å². The van der Waals surface area contributed by atoms with Gasteiger partial charge in [-0.25, -0.2) is 9.48 Å². The lowest BCUT2D eigenvalue weighted by Gasteiger charge is -2.22. The molecule has 26 heavy (non-hydrogen) atoms. The highest BCUT2D eigenvalue weighted by Crippen LogP contribution is 2.30. The number of methoxy groups -OCH3 is 2. The van der Waals surface area contributed by atoms with E-state index in [1.54, 1.807) is 32.4 Å². The second-order valence-corrected chi connectivity index (χ2v) is 6.21. The van der Waals surface area contributed by atoms with Crippen LogP contribution in [-0.4, -0.2) is 40.5 Å². The molecule has 0 spiro atoms. The Labute approximate surface area is 152 Å². The van der Waals surface area contributed by atoms with Gasteiger partial charge in [0.05, 0.1) is 26.8 Å². The maximum absolute atomic E-state index is 12.2. The Balaban J connectivity index is 1.57. The van der Waals surface area contributed by atoms with Crippen molar-refractivity contribution in [1.82, 2.24) is 25.5 Å². The van der Waals surface area contributed by atoms with Gasteiger partial charge in [-0.1, -0.05) is 19.3 Å². The largest absolute Gasteiger partial charge is 0.493 e. The Hall–Kier alpha value is -2.84. The molecular formula is C17H24N6O3. The summed E-state index contributed by atoms with van der Waals surface area (Å²) in [7, 11) is 3.11. The van der Waals surface area contributed by atoms with E-state index >= 15 is 0 Å². The van der Waals surface area contributed by atoms with Crippen molar-refractivity contribution in [2.45, 2.75) is 44.7 Å². The van der Waals surface area contributed by atoms with Crippen LogP contribution in [0.25, 0.3) is 0 Å². The predicted octanol–water partition coefficient (Wildman–Crippen LogP) is 2.52. The van der Waals surface area contributed by atoms with E-state index in [9.17, 15) is 4.79 Å². The third kappa shape index (κ3) is 4.22. The quantitative estimate of drug-likeness (QED) is 0.820. The number of anilines is 1. The lowest BCUT2D eigenvalue weighted by molar-refractivity contribution is 0.250. The number of hydrogen-bond donors (Lipinski definition) is 2. The summed E-state index contributed by atoms with van der Waals surface area (Å²) < 4.78 is 12.3. The number of amides is 2.